The smallest absolute Gasteiger partial charge is 0.334 e. The number of hydrogen-bond donors (Lipinski definition) is 3. The number of phenolic OH excluding ortho intramolecular Hbond substituents is 1. The van der Waals surface area contributed by atoms with Crippen molar-refractivity contribution in [1.82, 2.24) is 5.32 Å². The molecular weight excluding hydrogens is 402 g/mol. The van der Waals surface area contributed by atoms with Crippen LogP contribution in [0.15, 0.2) is 65.0 Å². The second-order valence-corrected chi connectivity index (χ2v) is 9.29. The van der Waals surface area contributed by atoms with E-state index in [9.17, 15) is 19.8 Å². The highest BCUT2D eigenvalue weighted by Gasteiger charge is 2.45. The number of rotatable bonds is 4. The second kappa shape index (κ2) is 7.66. The van der Waals surface area contributed by atoms with Crippen LogP contribution in [0.4, 0.5) is 0 Å². The van der Waals surface area contributed by atoms with Gasteiger partial charge in [-0.2, -0.15) is 0 Å². The topological polar surface area (TPSA) is 86.6 Å². The molecule has 0 radical (unpaired) electrons. The number of carbonyl (C=O) groups excluding carboxylic acids is 1. The lowest BCUT2D eigenvalue weighted by Gasteiger charge is -2.37. The van der Waals surface area contributed by atoms with Gasteiger partial charge in [0.25, 0.3) is 0 Å². The maximum Gasteiger partial charge on any atom is 0.334 e. The van der Waals surface area contributed by atoms with E-state index in [-0.39, 0.29) is 28.9 Å². The Kier molecular flexibility index (Phi) is 4.92. The quantitative estimate of drug-likeness (QED) is 0.647. The molecule has 5 nitrogen and oxygen atoms in total. The first-order valence-corrected chi connectivity index (χ1v) is 11.2. The molecule has 5 heteroatoms. The average Bonchev–Trinajstić information content (AvgIpc) is 3.57. The number of dihydropyridines is 1. The van der Waals surface area contributed by atoms with Gasteiger partial charge in [-0.1, -0.05) is 30.3 Å². The van der Waals surface area contributed by atoms with Gasteiger partial charge in [0, 0.05) is 29.3 Å². The fourth-order valence-corrected chi connectivity index (χ4v) is 5.56. The molecule has 2 unspecified atom stereocenters. The van der Waals surface area contributed by atoms with Gasteiger partial charge in [0.1, 0.15) is 5.75 Å². The summed E-state index contributed by atoms with van der Waals surface area (Å²) in [6, 6.07) is 12.9. The Labute approximate surface area is 187 Å². The minimum absolute atomic E-state index is 0.0201. The molecule has 2 aliphatic carbocycles. The molecule has 0 spiro atoms. The number of carbonyl (C=O) groups is 2. The van der Waals surface area contributed by atoms with Crippen molar-refractivity contribution in [2.45, 2.75) is 51.4 Å². The first-order valence-electron chi connectivity index (χ1n) is 11.2. The molecule has 0 bridgehead atoms. The van der Waals surface area contributed by atoms with Gasteiger partial charge in [-0.3, -0.25) is 4.79 Å². The van der Waals surface area contributed by atoms with Crippen LogP contribution in [0.5, 0.6) is 5.75 Å². The number of hydrogen-bond acceptors (Lipinski definition) is 4. The summed E-state index contributed by atoms with van der Waals surface area (Å²) < 4.78 is 0. The zero-order valence-electron chi connectivity index (χ0n) is 18.3. The molecule has 0 amide bonds. The fraction of sp³-hybridized carbons (Fsp3) is 0.333. The predicted molar refractivity (Wildman–Crippen MR) is 121 cm³/mol. The highest BCUT2D eigenvalue weighted by Crippen LogP contribution is 2.50. The molecule has 1 saturated carbocycles. The molecule has 2 aromatic carbocycles. The summed E-state index contributed by atoms with van der Waals surface area (Å²) >= 11 is 0. The predicted octanol–water partition coefficient (Wildman–Crippen LogP) is 4.85. The SMILES string of the molecule is Cc1cccc(C)c1C1CC(=O)C2=C(C1)NC(C1CC1)=C(C(=O)O)C2c1cccc(O)c1. The minimum atomic E-state index is -1.01. The van der Waals surface area contributed by atoms with E-state index in [0.717, 1.165) is 24.2 Å². The van der Waals surface area contributed by atoms with Crippen molar-refractivity contribution < 1.29 is 19.8 Å². The number of aromatic hydroxyl groups is 1. The summed E-state index contributed by atoms with van der Waals surface area (Å²) in [5, 5.41) is 23.7. The molecule has 1 aliphatic heterocycles. The van der Waals surface area contributed by atoms with Crippen LogP contribution < -0.4 is 5.32 Å². The Bertz CT molecular complexity index is 1180. The molecular formula is C27H27NO4. The van der Waals surface area contributed by atoms with Crippen molar-refractivity contribution in [3.63, 3.8) is 0 Å². The Balaban J connectivity index is 1.65. The van der Waals surface area contributed by atoms with Gasteiger partial charge < -0.3 is 15.5 Å². The Morgan fingerprint density at radius 3 is 2.31 bits per heavy atom. The number of phenols is 1. The number of allylic oxidation sites excluding steroid dienone is 3. The number of aryl methyl sites for hydroxylation is 2. The largest absolute Gasteiger partial charge is 0.508 e. The Morgan fingerprint density at radius 1 is 1.00 bits per heavy atom. The average molecular weight is 430 g/mol. The second-order valence-electron chi connectivity index (χ2n) is 9.29. The molecule has 32 heavy (non-hydrogen) atoms. The van der Waals surface area contributed by atoms with Crippen molar-refractivity contribution in [2.75, 3.05) is 0 Å². The van der Waals surface area contributed by atoms with Crippen LogP contribution in [0.25, 0.3) is 0 Å². The van der Waals surface area contributed by atoms with Crippen LogP contribution in [0.1, 0.15) is 59.8 Å². The van der Waals surface area contributed by atoms with Crippen molar-refractivity contribution in [3.8, 4) is 5.75 Å². The molecule has 164 valence electrons. The summed E-state index contributed by atoms with van der Waals surface area (Å²) in [5.74, 6) is -1.38. The minimum Gasteiger partial charge on any atom is -0.508 e. The molecule has 2 aromatic rings. The van der Waals surface area contributed by atoms with Gasteiger partial charge in [-0.05, 0) is 79.3 Å². The van der Waals surface area contributed by atoms with E-state index in [2.05, 4.69) is 31.3 Å². The first kappa shape index (κ1) is 20.6. The van der Waals surface area contributed by atoms with Crippen molar-refractivity contribution >= 4 is 11.8 Å². The van der Waals surface area contributed by atoms with E-state index < -0.39 is 11.9 Å². The molecule has 1 fully saturated rings. The molecule has 2 atom stereocenters. The Hall–Kier alpha value is -3.34. The van der Waals surface area contributed by atoms with E-state index >= 15 is 0 Å². The lowest BCUT2D eigenvalue weighted by atomic mass is 9.70. The Morgan fingerprint density at radius 2 is 1.69 bits per heavy atom. The number of aliphatic carboxylic acids is 1. The number of carboxylic acids is 1. The van der Waals surface area contributed by atoms with Crippen LogP contribution in [0.2, 0.25) is 0 Å². The van der Waals surface area contributed by atoms with Crippen LogP contribution in [0, 0.1) is 19.8 Å². The summed E-state index contributed by atoms with van der Waals surface area (Å²) in [4.78, 5) is 26.0. The molecule has 3 aliphatic rings. The van der Waals surface area contributed by atoms with E-state index in [1.165, 1.54) is 16.7 Å². The van der Waals surface area contributed by atoms with Crippen LogP contribution in [-0.2, 0) is 9.59 Å². The standard InChI is InChI=1S/C27H27NO4/c1-14-5-3-6-15(2)22(14)18-12-20-24(21(30)13-18)23(17-7-4-8-19(29)11-17)25(27(31)32)26(28-20)16-9-10-16/h3-8,11,16,18,23,28-29H,9-10,12-13H2,1-2H3,(H,31,32). The van der Waals surface area contributed by atoms with E-state index in [1.54, 1.807) is 24.3 Å². The monoisotopic (exact) mass is 429 g/mol. The third-order valence-electron chi connectivity index (χ3n) is 7.03. The lowest BCUT2D eigenvalue weighted by molar-refractivity contribution is -0.133. The van der Waals surface area contributed by atoms with Crippen LogP contribution >= 0.6 is 0 Å². The maximum absolute atomic E-state index is 13.6. The van der Waals surface area contributed by atoms with E-state index in [1.807, 2.05) is 6.07 Å². The fourth-order valence-electron chi connectivity index (χ4n) is 5.56. The lowest BCUT2D eigenvalue weighted by Crippen LogP contribution is -2.37. The third-order valence-corrected chi connectivity index (χ3v) is 7.03. The van der Waals surface area contributed by atoms with Gasteiger partial charge in [0.05, 0.1) is 5.57 Å². The van der Waals surface area contributed by atoms with Crippen molar-refractivity contribution in [2.24, 2.45) is 5.92 Å². The van der Waals surface area contributed by atoms with Crippen molar-refractivity contribution in [1.29, 1.82) is 0 Å². The molecule has 1 heterocycles. The normalized spacial score (nSPS) is 23.1. The van der Waals surface area contributed by atoms with Gasteiger partial charge in [0.2, 0.25) is 0 Å². The first-order chi connectivity index (χ1) is 15.3. The number of carboxylic acid groups (broad SMARTS) is 1. The zero-order valence-corrected chi connectivity index (χ0v) is 18.3. The molecule has 0 saturated heterocycles. The highest BCUT2D eigenvalue weighted by atomic mass is 16.4. The van der Waals surface area contributed by atoms with Gasteiger partial charge in [-0.25, -0.2) is 4.79 Å². The summed E-state index contributed by atoms with van der Waals surface area (Å²) in [6.07, 6.45) is 2.92. The maximum atomic E-state index is 13.6. The van der Waals surface area contributed by atoms with E-state index in [4.69, 9.17) is 0 Å². The number of ketones is 1. The van der Waals surface area contributed by atoms with Crippen molar-refractivity contribution in [3.05, 3.63) is 87.3 Å². The summed E-state index contributed by atoms with van der Waals surface area (Å²) in [7, 11) is 0. The number of nitrogens with one attached hydrogen (secondary N) is 1. The third kappa shape index (κ3) is 3.42. The number of benzene rings is 2. The van der Waals surface area contributed by atoms with Gasteiger partial charge in [-0.15, -0.1) is 0 Å². The molecule has 0 aromatic heterocycles. The van der Waals surface area contributed by atoms with Gasteiger partial charge in [0.15, 0.2) is 5.78 Å². The summed E-state index contributed by atoms with van der Waals surface area (Å²) in [6.45, 7) is 4.16. The van der Waals surface area contributed by atoms with Crippen LogP contribution in [0.3, 0.4) is 0 Å². The molecule has 5 rings (SSSR count). The summed E-state index contributed by atoms with van der Waals surface area (Å²) in [5.41, 5.74) is 6.58. The van der Waals surface area contributed by atoms with E-state index in [0.29, 0.717) is 24.0 Å². The molecule has 3 N–H and O–H groups in total. The van der Waals surface area contributed by atoms with Gasteiger partial charge >= 0.3 is 5.97 Å². The highest BCUT2D eigenvalue weighted by molar-refractivity contribution is 6.04. The van der Waals surface area contributed by atoms with Crippen LogP contribution in [-0.4, -0.2) is 22.0 Å². The number of Topliss-reactive ketones (excluding diaryl/α,β-unsaturated/α-hetero) is 1. The zero-order chi connectivity index (χ0) is 22.6.